The molecule has 0 aliphatic rings. The summed E-state index contributed by atoms with van der Waals surface area (Å²) in [7, 11) is 3.20. The highest BCUT2D eigenvalue weighted by atomic mass is 16.5. The molecule has 8 heteroatoms. The summed E-state index contributed by atoms with van der Waals surface area (Å²) >= 11 is 0. The first-order valence-corrected chi connectivity index (χ1v) is 8.79. The van der Waals surface area contributed by atoms with Crippen LogP contribution in [0.3, 0.4) is 0 Å². The Bertz CT molecular complexity index is 921. The van der Waals surface area contributed by atoms with Crippen molar-refractivity contribution in [1.29, 1.82) is 0 Å². The first-order valence-electron chi connectivity index (χ1n) is 8.79. The molecule has 0 saturated carbocycles. The number of aliphatic hydroxyl groups is 1. The van der Waals surface area contributed by atoms with Crippen LogP contribution in [-0.2, 0) is 0 Å². The molecule has 28 heavy (non-hydrogen) atoms. The van der Waals surface area contributed by atoms with Crippen LogP contribution in [0.2, 0.25) is 0 Å². The van der Waals surface area contributed by atoms with Crippen LogP contribution in [0.25, 0.3) is 11.3 Å². The Morgan fingerprint density at radius 2 is 1.82 bits per heavy atom. The van der Waals surface area contributed by atoms with Crippen molar-refractivity contribution in [1.82, 2.24) is 15.0 Å². The maximum Gasteiger partial charge on any atom is 0.225 e. The first kappa shape index (κ1) is 19.4. The number of nitrogens with one attached hydrogen (secondary N) is 2. The van der Waals surface area contributed by atoms with Gasteiger partial charge >= 0.3 is 0 Å². The van der Waals surface area contributed by atoms with Gasteiger partial charge in [-0.3, -0.25) is 4.98 Å². The Balaban J connectivity index is 1.99. The highest BCUT2D eigenvalue weighted by molar-refractivity contribution is 5.70. The average Bonchev–Trinajstić information content (AvgIpc) is 2.74. The highest BCUT2D eigenvalue weighted by Gasteiger charge is 2.11. The van der Waals surface area contributed by atoms with Gasteiger partial charge in [0.15, 0.2) is 0 Å². The van der Waals surface area contributed by atoms with Crippen molar-refractivity contribution in [3.8, 4) is 22.8 Å². The van der Waals surface area contributed by atoms with Gasteiger partial charge in [0.2, 0.25) is 5.95 Å². The number of hydrogen-bond acceptors (Lipinski definition) is 8. The monoisotopic (exact) mass is 381 g/mol. The van der Waals surface area contributed by atoms with Crippen LogP contribution in [0, 0.1) is 0 Å². The number of ether oxygens (including phenoxy) is 2. The third-order valence-electron chi connectivity index (χ3n) is 4.02. The SMILES string of the molecule is COc1ccc(Nc2cc(-c3ccncc3)nc(N[C@H](C)CO)n2)c(OC)c1. The standard InChI is InChI=1S/C20H23N5O3/c1-13(12-26)22-20-24-17(14-6-8-21-9-7-14)11-19(25-20)23-16-5-4-15(27-2)10-18(16)28-3/h4-11,13,26H,12H2,1-3H3,(H2,22,23,24,25)/t13-/m1/s1. The quantitative estimate of drug-likeness (QED) is 0.547. The molecule has 0 amide bonds. The zero-order chi connectivity index (χ0) is 19.9. The zero-order valence-corrected chi connectivity index (χ0v) is 16.0. The van der Waals surface area contributed by atoms with E-state index in [0.717, 1.165) is 16.9 Å². The van der Waals surface area contributed by atoms with E-state index in [4.69, 9.17) is 9.47 Å². The lowest BCUT2D eigenvalue weighted by Gasteiger charge is -2.15. The largest absolute Gasteiger partial charge is 0.497 e. The van der Waals surface area contributed by atoms with E-state index in [9.17, 15) is 5.11 Å². The number of anilines is 3. The summed E-state index contributed by atoms with van der Waals surface area (Å²) in [6.07, 6.45) is 3.42. The highest BCUT2D eigenvalue weighted by Crippen LogP contribution is 2.32. The summed E-state index contributed by atoms with van der Waals surface area (Å²) < 4.78 is 10.7. The van der Waals surface area contributed by atoms with Gasteiger partial charge in [-0.25, -0.2) is 4.98 Å². The van der Waals surface area contributed by atoms with Crippen LogP contribution >= 0.6 is 0 Å². The number of methoxy groups -OCH3 is 2. The van der Waals surface area contributed by atoms with Crippen molar-refractivity contribution in [2.75, 3.05) is 31.5 Å². The van der Waals surface area contributed by atoms with E-state index in [1.807, 2.05) is 37.3 Å². The van der Waals surface area contributed by atoms with Crippen LogP contribution in [0.1, 0.15) is 6.92 Å². The summed E-state index contributed by atoms with van der Waals surface area (Å²) in [5.41, 5.74) is 2.37. The molecule has 0 bridgehead atoms. The minimum Gasteiger partial charge on any atom is -0.497 e. The molecule has 0 saturated heterocycles. The van der Waals surface area contributed by atoms with E-state index >= 15 is 0 Å². The molecular formula is C20H23N5O3. The van der Waals surface area contributed by atoms with Crippen molar-refractivity contribution in [2.24, 2.45) is 0 Å². The van der Waals surface area contributed by atoms with Crippen LogP contribution in [0.15, 0.2) is 48.8 Å². The van der Waals surface area contributed by atoms with E-state index in [0.29, 0.717) is 23.3 Å². The Labute approximate surface area is 163 Å². The van der Waals surface area contributed by atoms with E-state index < -0.39 is 0 Å². The second-order valence-corrected chi connectivity index (χ2v) is 6.12. The molecule has 2 heterocycles. The Morgan fingerprint density at radius 3 is 2.50 bits per heavy atom. The molecule has 0 aliphatic heterocycles. The molecular weight excluding hydrogens is 358 g/mol. The third-order valence-corrected chi connectivity index (χ3v) is 4.02. The van der Waals surface area contributed by atoms with Crippen LogP contribution in [0.4, 0.5) is 17.5 Å². The second-order valence-electron chi connectivity index (χ2n) is 6.12. The topological polar surface area (TPSA) is 101 Å². The summed E-state index contributed by atoms with van der Waals surface area (Å²) in [6, 6.07) is 10.9. The van der Waals surface area contributed by atoms with Gasteiger partial charge in [0, 0.05) is 36.1 Å². The van der Waals surface area contributed by atoms with Gasteiger partial charge in [-0.05, 0) is 31.2 Å². The number of hydrogen-bond donors (Lipinski definition) is 3. The number of aliphatic hydroxyl groups excluding tert-OH is 1. The molecule has 2 aromatic heterocycles. The first-order chi connectivity index (χ1) is 13.6. The van der Waals surface area contributed by atoms with Gasteiger partial charge in [-0.1, -0.05) is 0 Å². The zero-order valence-electron chi connectivity index (χ0n) is 16.0. The fraction of sp³-hybridized carbons (Fsp3) is 0.250. The number of pyridine rings is 1. The second kappa shape index (κ2) is 9.01. The average molecular weight is 381 g/mol. The van der Waals surface area contributed by atoms with E-state index in [2.05, 4.69) is 25.6 Å². The third kappa shape index (κ3) is 4.66. The summed E-state index contributed by atoms with van der Waals surface area (Å²) in [4.78, 5) is 13.1. The fourth-order valence-corrected chi connectivity index (χ4v) is 2.55. The van der Waals surface area contributed by atoms with E-state index in [-0.39, 0.29) is 12.6 Å². The van der Waals surface area contributed by atoms with Gasteiger partial charge < -0.3 is 25.2 Å². The van der Waals surface area contributed by atoms with Crippen molar-refractivity contribution in [2.45, 2.75) is 13.0 Å². The number of aromatic nitrogens is 3. The van der Waals surface area contributed by atoms with E-state index in [1.165, 1.54) is 0 Å². The fourth-order valence-electron chi connectivity index (χ4n) is 2.55. The van der Waals surface area contributed by atoms with Crippen molar-refractivity contribution >= 4 is 17.5 Å². The van der Waals surface area contributed by atoms with Gasteiger partial charge in [0.05, 0.1) is 32.2 Å². The lowest BCUT2D eigenvalue weighted by atomic mass is 10.2. The molecule has 0 spiro atoms. The normalized spacial score (nSPS) is 11.6. The van der Waals surface area contributed by atoms with Crippen molar-refractivity contribution in [3.63, 3.8) is 0 Å². The molecule has 1 atom stereocenters. The summed E-state index contributed by atoms with van der Waals surface area (Å²) in [5.74, 6) is 2.31. The van der Waals surface area contributed by atoms with Crippen molar-refractivity contribution in [3.05, 3.63) is 48.8 Å². The molecule has 3 aromatic rings. The van der Waals surface area contributed by atoms with Gasteiger partial charge in [-0.2, -0.15) is 4.98 Å². The Hall–Kier alpha value is -3.39. The number of rotatable bonds is 8. The summed E-state index contributed by atoms with van der Waals surface area (Å²) in [5, 5.41) is 15.7. The van der Waals surface area contributed by atoms with Gasteiger partial charge in [0.1, 0.15) is 17.3 Å². The lowest BCUT2D eigenvalue weighted by molar-refractivity contribution is 0.281. The maximum atomic E-state index is 9.33. The molecule has 0 radical (unpaired) electrons. The summed E-state index contributed by atoms with van der Waals surface area (Å²) in [6.45, 7) is 1.82. The lowest BCUT2D eigenvalue weighted by Crippen LogP contribution is -2.21. The molecule has 3 N–H and O–H groups in total. The molecule has 0 unspecified atom stereocenters. The Morgan fingerprint density at radius 1 is 1.04 bits per heavy atom. The molecule has 0 fully saturated rings. The van der Waals surface area contributed by atoms with Gasteiger partial charge in [0.25, 0.3) is 0 Å². The van der Waals surface area contributed by atoms with E-state index in [1.54, 1.807) is 32.7 Å². The molecule has 3 rings (SSSR count). The predicted molar refractivity (Wildman–Crippen MR) is 108 cm³/mol. The van der Waals surface area contributed by atoms with Crippen LogP contribution in [0.5, 0.6) is 11.5 Å². The van der Waals surface area contributed by atoms with Gasteiger partial charge in [-0.15, -0.1) is 0 Å². The van der Waals surface area contributed by atoms with Crippen LogP contribution < -0.4 is 20.1 Å². The molecule has 1 aromatic carbocycles. The van der Waals surface area contributed by atoms with Crippen molar-refractivity contribution < 1.29 is 14.6 Å². The minimum absolute atomic E-state index is 0.0299. The Kier molecular flexibility index (Phi) is 6.23. The van der Waals surface area contributed by atoms with Crippen LogP contribution in [-0.4, -0.2) is 46.9 Å². The molecule has 146 valence electrons. The number of benzene rings is 1. The molecule has 8 nitrogen and oxygen atoms in total. The number of nitrogens with zero attached hydrogens (tertiary/aromatic N) is 3. The smallest absolute Gasteiger partial charge is 0.225 e. The predicted octanol–water partition coefficient (Wildman–Crippen LogP) is 3.09. The maximum absolute atomic E-state index is 9.33. The molecule has 0 aliphatic carbocycles. The minimum atomic E-state index is -0.184.